The fourth-order valence-electron chi connectivity index (χ4n) is 3.32. The quantitative estimate of drug-likeness (QED) is 0.608. The van der Waals surface area contributed by atoms with Gasteiger partial charge in [-0.3, -0.25) is 4.79 Å². The first kappa shape index (κ1) is 22.1. The van der Waals surface area contributed by atoms with E-state index in [1.165, 1.54) is 5.56 Å². The highest BCUT2D eigenvalue weighted by molar-refractivity contribution is 7.98. The number of esters is 1. The molecule has 3 amide bonds. The lowest BCUT2D eigenvalue weighted by Crippen LogP contribution is -2.46. The highest BCUT2D eigenvalue weighted by atomic mass is 32.2. The summed E-state index contributed by atoms with van der Waals surface area (Å²) >= 11 is 1.55. The Labute approximate surface area is 170 Å². The first-order valence-electron chi connectivity index (χ1n) is 9.52. The Morgan fingerprint density at radius 3 is 2.54 bits per heavy atom. The zero-order chi connectivity index (χ0) is 20.4. The molecule has 28 heavy (non-hydrogen) atoms. The number of nitrogens with zero attached hydrogens (tertiary/aromatic N) is 1. The number of primary amides is 1. The van der Waals surface area contributed by atoms with Crippen LogP contribution in [0.5, 0.6) is 0 Å². The number of benzene rings is 1. The van der Waals surface area contributed by atoms with Gasteiger partial charge in [0, 0.05) is 13.1 Å². The third-order valence-electron chi connectivity index (χ3n) is 4.88. The monoisotopic (exact) mass is 407 g/mol. The standard InChI is InChI=1S/C20H29N3O4S/c1-28-12-9-17(22-20(21)26)19(25)27-14-18(24)23-10-7-16(8-11-23)13-15-5-3-2-4-6-15/h2-6,16-17H,7-14H2,1H3,(H3,21,22,26)/t17-/m0/s1. The second-order valence-corrected chi connectivity index (χ2v) is 7.95. The minimum Gasteiger partial charge on any atom is -0.454 e. The van der Waals surface area contributed by atoms with E-state index in [2.05, 4.69) is 17.4 Å². The van der Waals surface area contributed by atoms with Gasteiger partial charge in [-0.25, -0.2) is 9.59 Å². The molecule has 0 spiro atoms. The van der Waals surface area contributed by atoms with E-state index in [0.717, 1.165) is 19.3 Å². The number of likely N-dealkylation sites (tertiary alicyclic amines) is 1. The molecule has 0 aliphatic carbocycles. The lowest BCUT2D eigenvalue weighted by Gasteiger charge is -2.32. The molecule has 3 N–H and O–H groups in total. The molecular formula is C20H29N3O4S. The Balaban J connectivity index is 1.74. The molecule has 0 saturated carbocycles. The number of hydrogen-bond acceptors (Lipinski definition) is 5. The van der Waals surface area contributed by atoms with E-state index in [0.29, 0.717) is 31.2 Å². The Morgan fingerprint density at radius 2 is 1.93 bits per heavy atom. The second kappa shape index (κ2) is 11.6. The summed E-state index contributed by atoms with van der Waals surface area (Å²) < 4.78 is 5.13. The number of nitrogens with one attached hydrogen (secondary N) is 1. The Morgan fingerprint density at radius 1 is 1.25 bits per heavy atom. The van der Waals surface area contributed by atoms with E-state index in [1.54, 1.807) is 16.7 Å². The van der Waals surface area contributed by atoms with Gasteiger partial charge in [-0.05, 0) is 49.2 Å². The van der Waals surface area contributed by atoms with Crippen LogP contribution in [0.4, 0.5) is 4.79 Å². The van der Waals surface area contributed by atoms with Gasteiger partial charge in [-0.15, -0.1) is 0 Å². The number of hydrogen-bond donors (Lipinski definition) is 2. The molecule has 1 aliphatic heterocycles. The maximum atomic E-state index is 12.4. The van der Waals surface area contributed by atoms with Crippen molar-refractivity contribution < 1.29 is 19.1 Å². The van der Waals surface area contributed by atoms with Gasteiger partial charge in [0.05, 0.1) is 0 Å². The molecule has 0 aromatic heterocycles. The highest BCUT2D eigenvalue weighted by Crippen LogP contribution is 2.21. The molecule has 1 saturated heterocycles. The predicted molar refractivity (Wildman–Crippen MR) is 110 cm³/mol. The first-order chi connectivity index (χ1) is 13.5. The van der Waals surface area contributed by atoms with Crippen LogP contribution in [0.1, 0.15) is 24.8 Å². The number of carbonyl (C=O) groups excluding carboxylic acids is 3. The summed E-state index contributed by atoms with van der Waals surface area (Å²) in [5.41, 5.74) is 6.42. The maximum absolute atomic E-state index is 12.4. The number of urea groups is 1. The van der Waals surface area contributed by atoms with Crippen molar-refractivity contribution in [3.05, 3.63) is 35.9 Å². The third-order valence-corrected chi connectivity index (χ3v) is 5.53. The summed E-state index contributed by atoms with van der Waals surface area (Å²) in [6.45, 7) is 1.03. The van der Waals surface area contributed by atoms with Gasteiger partial charge < -0.3 is 20.7 Å². The van der Waals surface area contributed by atoms with Crippen LogP contribution in [0.3, 0.4) is 0 Å². The number of amides is 3. The van der Waals surface area contributed by atoms with Gasteiger partial charge >= 0.3 is 12.0 Å². The van der Waals surface area contributed by atoms with Crippen LogP contribution in [-0.4, -0.2) is 60.6 Å². The predicted octanol–water partition coefficient (Wildman–Crippen LogP) is 1.80. The maximum Gasteiger partial charge on any atom is 0.329 e. The van der Waals surface area contributed by atoms with E-state index in [4.69, 9.17) is 10.5 Å². The average Bonchev–Trinajstić information content (AvgIpc) is 2.70. The molecule has 0 radical (unpaired) electrons. The van der Waals surface area contributed by atoms with Gasteiger partial charge in [0.1, 0.15) is 6.04 Å². The van der Waals surface area contributed by atoms with Crippen LogP contribution in [0.2, 0.25) is 0 Å². The molecular weight excluding hydrogens is 378 g/mol. The number of rotatable bonds is 9. The molecule has 1 aromatic rings. The molecule has 1 heterocycles. The number of carbonyl (C=O) groups is 3. The van der Waals surface area contributed by atoms with Crippen molar-refractivity contribution in [1.29, 1.82) is 0 Å². The van der Waals surface area contributed by atoms with Crippen LogP contribution in [0, 0.1) is 5.92 Å². The number of thioether (sulfide) groups is 1. The van der Waals surface area contributed by atoms with E-state index < -0.39 is 18.0 Å². The Bertz CT molecular complexity index is 648. The number of piperidine rings is 1. The van der Waals surface area contributed by atoms with Gasteiger partial charge in [0.25, 0.3) is 5.91 Å². The van der Waals surface area contributed by atoms with E-state index in [1.807, 2.05) is 24.5 Å². The van der Waals surface area contributed by atoms with Crippen molar-refractivity contribution in [1.82, 2.24) is 10.2 Å². The summed E-state index contributed by atoms with van der Waals surface area (Å²) in [7, 11) is 0. The van der Waals surface area contributed by atoms with E-state index >= 15 is 0 Å². The summed E-state index contributed by atoms with van der Waals surface area (Å²) in [5.74, 6) is 0.405. The number of nitrogens with two attached hydrogens (primary N) is 1. The minimum atomic E-state index is -0.825. The fraction of sp³-hybridized carbons (Fsp3) is 0.550. The van der Waals surface area contributed by atoms with E-state index in [9.17, 15) is 14.4 Å². The van der Waals surface area contributed by atoms with Crippen molar-refractivity contribution in [2.75, 3.05) is 31.7 Å². The van der Waals surface area contributed by atoms with Gasteiger partial charge in [-0.1, -0.05) is 30.3 Å². The Kier molecular flexibility index (Phi) is 9.13. The van der Waals surface area contributed by atoms with Crippen molar-refractivity contribution in [2.45, 2.75) is 31.7 Å². The smallest absolute Gasteiger partial charge is 0.329 e. The van der Waals surface area contributed by atoms with Crippen LogP contribution >= 0.6 is 11.8 Å². The number of ether oxygens (including phenoxy) is 1. The Hall–Kier alpha value is -2.22. The van der Waals surface area contributed by atoms with Crippen molar-refractivity contribution in [3.63, 3.8) is 0 Å². The zero-order valence-electron chi connectivity index (χ0n) is 16.3. The van der Waals surface area contributed by atoms with Crippen molar-refractivity contribution in [3.8, 4) is 0 Å². The molecule has 2 rings (SSSR count). The van der Waals surface area contributed by atoms with Gasteiger partial charge in [0.15, 0.2) is 6.61 Å². The normalized spacial score (nSPS) is 15.7. The fourth-order valence-corrected chi connectivity index (χ4v) is 3.79. The molecule has 1 fully saturated rings. The van der Waals surface area contributed by atoms with Gasteiger partial charge in [-0.2, -0.15) is 11.8 Å². The largest absolute Gasteiger partial charge is 0.454 e. The zero-order valence-corrected chi connectivity index (χ0v) is 17.1. The van der Waals surface area contributed by atoms with Crippen molar-refractivity contribution >= 4 is 29.7 Å². The summed E-state index contributed by atoms with van der Waals surface area (Å²) in [5, 5.41) is 2.37. The van der Waals surface area contributed by atoms with E-state index in [-0.39, 0.29) is 12.5 Å². The molecule has 1 aliphatic rings. The molecule has 154 valence electrons. The molecule has 7 nitrogen and oxygen atoms in total. The topological polar surface area (TPSA) is 102 Å². The average molecular weight is 408 g/mol. The van der Waals surface area contributed by atoms with Crippen LogP contribution < -0.4 is 11.1 Å². The van der Waals surface area contributed by atoms with Crippen LogP contribution in [0.25, 0.3) is 0 Å². The third kappa shape index (κ3) is 7.42. The highest BCUT2D eigenvalue weighted by Gasteiger charge is 2.26. The summed E-state index contributed by atoms with van der Waals surface area (Å²) in [6.07, 6.45) is 5.20. The summed E-state index contributed by atoms with van der Waals surface area (Å²) in [4.78, 5) is 37.3. The first-order valence-corrected chi connectivity index (χ1v) is 10.9. The van der Waals surface area contributed by atoms with Gasteiger partial charge in [0.2, 0.25) is 0 Å². The molecule has 0 unspecified atom stereocenters. The SMILES string of the molecule is CSCC[C@H](NC(N)=O)C(=O)OCC(=O)N1CCC(Cc2ccccc2)CC1. The minimum absolute atomic E-state index is 0.200. The van der Waals surface area contributed by atoms with Crippen LogP contribution in [0.15, 0.2) is 30.3 Å². The molecule has 8 heteroatoms. The lowest BCUT2D eigenvalue weighted by molar-refractivity contribution is -0.154. The second-order valence-electron chi connectivity index (χ2n) is 6.96. The molecule has 1 atom stereocenters. The molecule has 1 aromatic carbocycles. The van der Waals surface area contributed by atoms with Crippen molar-refractivity contribution in [2.24, 2.45) is 11.7 Å². The molecule has 0 bridgehead atoms. The lowest BCUT2D eigenvalue weighted by atomic mass is 9.90. The summed E-state index contributed by atoms with van der Waals surface area (Å²) in [6, 6.07) is 8.75. The van der Waals surface area contributed by atoms with Crippen LogP contribution in [-0.2, 0) is 20.7 Å².